The SMILES string of the molecule is CCCC1=C(C)Cc2ccc(NS(=O)(=O)c3ccc(NC(C)=O)cc3)cc21. The fourth-order valence-electron chi connectivity index (χ4n) is 3.43. The molecule has 3 rings (SSSR count). The summed E-state index contributed by atoms with van der Waals surface area (Å²) in [5, 5.41) is 2.62. The van der Waals surface area contributed by atoms with E-state index < -0.39 is 10.0 Å². The summed E-state index contributed by atoms with van der Waals surface area (Å²) in [7, 11) is -3.70. The van der Waals surface area contributed by atoms with Crippen LogP contribution in [0.25, 0.3) is 5.57 Å². The second-order valence-corrected chi connectivity index (χ2v) is 8.55. The van der Waals surface area contributed by atoms with E-state index in [0.29, 0.717) is 11.4 Å². The Hall–Kier alpha value is -2.60. The van der Waals surface area contributed by atoms with Crippen molar-refractivity contribution < 1.29 is 13.2 Å². The number of carbonyl (C=O) groups excluding carboxylic acids is 1. The Balaban J connectivity index is 1.84. The van der Waals surface area contributed by atoms with Gasteiger partial charge in [0, 0.05) is 18.3 Å². The van der Waals surface area contributed by atoms with Crippen molar-refractivity contribution in [3.05, 3.63) is 59.2 Å². The molecule has 27 heavy (non-hydrogen) atoms. The number of rotatable bonds is 6. The summed E-state index contributed by atoms with van der Waals surface area (Å²) in [6.07, 6.45) is 2.99. The predicted octanol–water partition coefficient (Wildman–Crippen LogP) is 4.58. The standard InChI is InChI=1S/C21H24N2O3S/c1-4-5-20-14(2)12-16-6-7-18(13-21(16)20)23-27(25,26)19-10-8-17(9-11-19)22-15(3)24/h6-11,13,23H,4-5,12H2,1-3H3,(H,22,24). The minimum absolute atomic E-state index is 0.151. The Morgan fingerprint density at radius 1 is 1.07 bits per heavy atom. The number of amides is 1. The van der Waals surface area contributed by atoms with Crippen molar-refractivity contribution in [2.45, 2.75) is 44.9 Å². The summed E-state index contributed by atoms with van der Waals surface area (Å²) in [6.45, 7) is 5.70. The molecule has 2 aromatic rings. The van der Waals surface area contributed by atoms with Gasteiger partial charge < -0.3 is 5.32 Å². The second kappa shape index (κ2) is 7.56. The molecule has 2 aromatic carbocycles. The van der Waals surface area contributed by atoms with Crippen LogP contribution in [0.1, 0.15) is 44.7 Å². The molecular weight excluding hydrogens is 360 g/mol. The Labute approximate surface area is 160 Å². The largest absolute Gasteiger partial charge is 0.326 e. The Kier molecular flexibility index (Phi) is 5.37. The van der Waals surface area contributed by atoms with E-state index in [2.05, 4.69) is 23.9 Å². The van der Waals surface area contributed by atoms with Crippen LogP contribution in [0.4, 0.5) is 11.4 Å². The van der Waals surface area contributed by atoms with Crippen LogP contribution in [-0.4, -0.2) is 14.3 Å². The molecule has 0 saturated carbocycles. The highest BCUT2D eigenvalue weighted by Gasteiger charge is 2.20. The molecule has 0 saturated heterocycles. The fourth-order valence-corrected chi connectivity index (χ4v) is 4.48. The van der Waals surface area contributed by atoms with Crippen LogP contribution in [-0.2, 0) is 21.2 Å². The monoisotopic (exact) mass is 384 g/mol. The van der Waals surface area contributed by atoms with E-state index in [1.807, 2.05) is 18.2 Å². The molecule has 5 nitrogen and oxygen atoms in total. The third-order valence-corrected chi connectivity index (χ3v) is 6.04. The summed E-state index contributed by atoms with van der Waals surface area (Å²) in [4.78, 5) is 11.2. The minimum atomic E-state index is -3.70. The average Bonchev–Trinajstić information content (AvgIpc) is 2.90. The van der Waals surface area contributed by atoms with Gasteiger partial charge in [-0.1, -0.05) is 25.0 Å². The first kappa shape index (κ1) is 19.2. The van der Waals surface area contributed by atoms with Crippen molar-refractivity contribution in [2.75, 3.05) is 10.0 Å². The van der Waals surface area contributed by atoms with Crippen LogP contribution >= 0.6 is 0 Å². The lowest BCUT2D eigenvalue weighted by molar-refractivity contribution is -0.114. The highest BCUT2D eigenvalue weighted by atomic mass is 32.2. The average molecular weight is 385 g/mol. The summed E-state index contributed by atoms with van der Waals surface area (Å²) >= 11 is 0. The number of carbonyl (C=O) groups is 1. The van der Waals surface area contributed by atoms with Crippen LogP contribution in [0.5, 0.6) is 0 Å². The fraction of sp³-hybridized carbons (Fsp3) is 0.286. The number of hydrogen-bond donors (Lipinski definition) is 2. The topological polar surface area (TPSA) is 75.3 Å². The molecule has 0 bridgehead atoms. The molecule has 0 spiro atoms. The van der Waals surface area contributed by atoms with Crippen LogP contribution in [0.15, 0.2) is 52.9 Å². The lowest BCUT2D eigenvalue weighted by Crippen LogP contribution is -2.13. The highest BCUT2D eigenvalue weighted by molar-refractivity contribution is 7.92. The third kappa shape index (κ3) is 4.22. The first-order chi connectivity index (χ1) is 12.8. The Bertz CT molecular complexity index is 1010. The lowest BCUT2D eigenvalue weighted by atomic mass is 10.0. The predicted molar refractivity (Wildman–Crippen MR) is 109 cm³/mol. The normalized spacial score (nSPS) is 13.4. The number of nitrogens with one attached hydrogen (secondary N) is 2. The van der Waals surface area contributed by atoms with Gasteiger partial charge in [0.1, 0.15) is 0 Å². The molecular formula is C21H24N2O3S. The molecule has 1 aliphatic carbocycles. The van der Waals surface area contributed by atoms with Gasteiger partial charge in [-0.15, -0.1) is 0 Å². The maximum atomic E-state index is 12.7. The van der Waals surface area contributed by atoms with Gasteiger partial charge in [0.05, 0.1) is 4.90 Å². The summed E-state index contributed by atoms with van der Waals surface area (Å²) in [5.41, 5.74) is 6.20. The smallest absolute Gasteiger partial charge is 0.261 e. The van der Waals surface area contributed by atoms with Gasteiger partial charge >= 0.3 is 0 Å². The number of allylic oxidation sites excluding steroid dienone is 2. The van der Waals surface area contributed by atoms with Crippen molar-refractivity contribution in [1.82, 2.24) is 0 Å². The zero-order valence-electron chi connectivity index (χ0n) is 15.8. The van der Waals surface area contributed by atoms with E-state index in [-0.39, 0.29) is 10.8 Å². The first-order valence-electron chi connectivity index (χ1n) is 9.02. The van der Waals surface area contributed by atoms with Gasteiger partial charge in [-0.05, 0) is 72.9 Å². The highest BCUT2D eigenvalue weighted by Crippen LogP contribution is 2.37. The molecule has 6 heteroatoms. The van der Waals surface area contributed by atoms with Crippen molar-refractivity contribution in [1.29, 1.82) is 0 Å². The summed E-state index contributed by atoms with van der Waals surface area (Å²) in [5.74, 6) is -0.201. The molecule has 0 unspecified atom stereocenters. The number of fused-ring (bicyclic) bond motifs is 1. The van der Waals surface area contributed by atoms with Crippen LogP contribution in [0.3, 0.4) is 0 Å². The lowest BCUT2D eigenvalue weighted by Gasteiger charge is -2.12. The summed E-state index contributed by atoms with van der Waals surface area (Å²) < 4.78 is 28.1. The van der Waals surface area contributed by atoms with E-state index in [9.17, 15) is 13.2 Å². The second-order valence-electron chi connectivity index (χ2n) is 6.87. The first-order valence-corrected chi connectivity index (χ1v) is 10.5. The number of sulfonamides is 1. The van der Waals surface area contributed by atoms with Crippen LogP contribution in [0.2, 0.25) is 0 Å². The van der Waals surface area contributed by atoms with Crippen LogP contribution < -0.4 is 10.0 Å². The molecule has 0 fully saturated rings. The molecule has 2 N–H and O–H groups in total. The van der Waals surface area contributed by atoms with Crippen molar-refractivity contribution in [2.24, 2.45) is 0 Å². The number of benzene rings is 2. The van der Waals surface area contributed by atoms with E-state index in [4.69, 9.17) is 0 Å². The summed E-state index contributed by atoms with van der Waals surface area (Å²) in [6, 6.07) is 11.8. The Morgan fingerprint density at radius 3 is 2.37 bits per heavy atom. The molecule has 1 amide bonds. The number of hydrogen-bond acceptors (Lipinski definition) is 3. The maximum absolute atomic E-state index is 12.7. The van der Waals surface area contributed by atoms with Gasteiger partial charge in [0.15, 0.2) is 0 Å². The zero-order valence-corrected chi connectivity index (χ0v) is 16.6. The van der Waals surface area contributed by atoms with Gasteiger partial charge in [-0.2, -0.15) is 0 Å². The molecule has 0 radical (unpaired) electrons. The van der Waals surface area contributed by atoms with Gasteiger partial charge in [0.2, 0.25) is 5.91 Å². The third-order valence-electron chi connectivity index (χ3n) is 4.64. The van der Waals surface area contributed by atoms with Crippen molar-refractivity contribution >= 4 is 32.9 Å². The molecule has 1 aliphatic rings. The van der Waals surface area contributed by atoms with Gasteiger partial charge in [0.25, 0.3) is 10.0 Å². The minimum Gasteiger partial charge on any atom is -0.326 e. The quantitative estimate of drug-likeness (QED) is 0.766. The molecule has 0 heterocycles. The van der Waals surface area contributed by atoms with E-state index in [1.165, 1.54) is 35.8 Å². The Morgan fingerprint density at radius 2 is 1.74 bits per heavy atom. The van der Waals surface area contributed by atoms with E-state index in [1.54, 1.807) is 12.1 Å². The van der Waals surface area contributed by atoms with Gasteiger partial charge in [-0.3, -0.25) is 9.52 Å². The van der Waals surface area contributed by atoms with E-state index >= 15 is 0 Å². The molecule has 0 aromatic heterocycles. The van der Waals surface area contributed by atoms with Crippen molar-refractivity contribution in [3.8, 4) is 0 Å². The number of anilines is 2. The van der Waals surface area contributed by atoms with Crippen LogP contribution in [0, 0.1) is 0 Å². The maximum Gasteiger partial charge on any atom is 0.261 e. The van der Waals surface area contributed by atoms with Gasteiger partial charge in [-0.25, -0.2) is 8.42 Å². The molecule has 142 valence electrons. The zero-order chi connectivity index (χ0) is 19.6. The molecule has 0 aliphatic heterocycles. The molecule has 0 atom stereocenters. The van der Waals surface area contributed by atoms with Crippen molar-refractivity contribution in [3.63, 3.8) is 0 Å². The van der Waals surface area contributed by atoms with E-state index in [0.717, 1.165) is 24.8 Å².